The van der Waals surface area contributed by atoms with Crippen molar-refractivity contribution in [2.24, 2.45) is 0 Å². The van der Waals surface area contributed by atoms with E-state index in [2.05, 4.69) is 75.4 Å². The van der Waals surface area contributed by atoms with Gasteiger partial charge in [-0.05, 0) is 36.4 Å². The minimum Gasteiger partial charge on any atom is -0.421 e. The van der Waals surface area contributed by atoms with Crippen LogP contribution in [0.5, 0.6) is 0 Å². The third-order valence-electron chi connectivity index (χ3n) is 4.48. The Balaban J connectivity index is 1.72. The zero-order valence-electron chi connectivity index (χ0n) is 13.7. The summed E-state index contributed by atoms with van der Waals surface area (Å²) < 4.78 is 7.80. The third-order valence-corrected chi connectivity index (χ3v) is 4.48. The number of nitrogens with zero attached hydrogens (tertiary/aromatic N) is 3. The maximum Gasteiger partial charge on any atom is 0.247 e. The first-order valence-electron chi connectivity index (χ1n) is 8.20. The first-order chi connectivity index (χ1) is 12.3. The van der Waals surface area contributed by atoms with E-state index in [1.54, 1.807) is 6.92 Å². The molecule has 5 rings (SSSR count). The van der Waals surface area contributed by atoms with Crippen molar-refractivity contribution in [3.63, 3.8) is 0 Å². The second-order valence-corrected chi connectivity index (χ2v) is 6.04. The molecular formula is C21H15N3O. The van der Waals surface area contributed by atoms with Crippen LogP contribution in [0.3, 0.4) is 0 Å². The van der Waals surface area contributed by atoms with Crippen LogP contribution in [0.2, 0.25) is 0 Å². The maximum absolute atomic E-state index is 5.51. The number of aryl methyl sites for hydroxylation is 1. The minimum atomic E-state index is 0.547. The molecule has 120 valence electrons. The van der Waals surface area contributed by atoms with Crippen LogP contribution >= 0.6 is 0 Å². The number of aromatic nitrogens is 3. The van der Waals surface area contributed by atoms with Crippen molar-refractivity contribution in [1.29, 1.82) is 0 Å². The van der Waals surface area contributed by atoms with Gasteiger partial charge >= 0.3 is 0 Å². The van der Waals surface area contributed by atoms with Crippen LogP contribution in [-0.2, 0) is 0 Å². The van der Waals surface area contributed by atoms with Crippen molar-refractivity contribution in [2.75, 3.05) is 0 Å². The van der Waals surface area contributed by atoms with Gasteiger partial charge < -0.3 is 8.98 Å². The van der Waals surface area contributed by atoms with E-state index in [0.29, 0.717) is 11.8 Å². The zero-order valence-corrected chi connectivity index (χ0v) is 13.7. The summed E-state index contributed by atoms with van der Waals surface area (Å²) >= 11 is 0. The van der Waals surface area contributed by atoms with E-state index in [4.69, 9.17) is 4.42 Å². The Hall–Kier alpha value is -3.40. The van der Waals surface area contributed by atoms with Crippen LogP contribution in [0.1, 0.15) is 5.89 Å². The Morgan fingerprint density at radius 2 is 1.32 bits per heavy atom. The van der Waals surface area contributed by atoms with Crippen LogP contribution in [0.15, 0.2) is 77.2 Å². The average molecular weight is 325 g/mol. The molecule has 0 aliphatic carbocycles. The van der Waals surface area contributed by atoms with Crippen LogP contribution in [0.4, 0.5) is 0 Å². The van der Waals surface area contributed by atoms with Crippen molar-refractivity contribution in [1.82, 2.24) is 14.8 Å². The van der Waals surface area contributed by atoms with Crippen LogP contribution in [0, 0.1) is 6.92 Å². The molecule has 0 N–H and O–H groups in total. The number of hydrogen-bond donors (Lipinski definition) is 0. The van der Waals surface area contributed by atoms with Crippen molar-refractivity contribution in [2.45, 2.75) is 6.92 Å². The fourth-order valence-corrected chi connectivity index (χ4v) is 3.37. The fraction of sp³-hybridized carbons (Fsp3) is 0.0476. The summed E-state index contributed by atoms with van der Waals surface area (Å²) in [7, 11) is 0. The van der Waals surface area contributed by atoms with Gasteiger partial charge in [0, 0.05) is 28.9 Å². The van der Waals surface area contributed by atoms with E-state index in [9.17, 15) is 0 Å². The molecule has 0 fully saturated rings. The Morgan fingerprint density at radius 3 is 1.88 bits per heavy atom. The molecule has 0 aliphatic heterocycles. The highest BCUT2D eigenvalue weighted by molar-refractivity contribution is 6.09. The number of para-hydroxylation sites is 2. The molecule has 0 saturated carbocycles. The molecule has 3 aromatic carbocycles. The van der Waals surface area contributed by atoms with Crippen LogP contribution < -0.4 is 0 Å². The molecule has 0 saturated heterocycles. The van der Waals surface area contributed by atoms with Gasteiger partial charge in [-0.15, -0.1) is 10.2 Å². The van der Waals surface area contributed by atoms with E-state index in [1.165, 1.54) is 21.8 Å². The minimum absolute atomic E-state index is 0.547. The summed E-state index contributed by atoms with van der Waals surface area (Å²) in [5.41, 5.74) is 4.43. The molecule has 0 spiro atoms. The summed E-state index contributed by atoms with van der Waals surface area (Å²) in [6.45, 7) is 1.79. The lowest BCUT2D eigenvalue weighted by molar-refractivity contribution is 0.533. The lowest BCUT2D eigenvalue weighted by Crippen LogP contribution is -1.93. The van der Waals surface area contributed by atoms with Crippen molar-refractivity contribution < 1.29 is 4.42 Å². The quantitative estimate of drug-likeness (QED) is 0.451. The smallest absolute Gasteiger partial charge is 0.247 e. The Bertz CT molecular complexity index is 1150. The monoisotopic (exact) mass is 325 g/mol. The Kier molecular flexibility index (Phi) is 2.97. The van der Waals surface area contributed by atoms with Gasteiger partial charge in [-0.3, -0.25) is 0 Å². The predicted molar refractivity (Wildman–Crippen MR) is 98.8 cm³/mol. The summed E-state index contributed by atoms with van der Waals surface area (Å²) in [5.74, 6) is 1.12. The molecular weight excluding hydrogens is 310 g/mol. The van der Waals surface area contributed by atoms with Gasteiger partial charge in [0.05, 0.1) is 11.0 Å². The Morgan fingerprint density at radius 1 is 0.720 bits per heavy atom. The van der Waals surface area contributed by atoms with Gasteiger partial charge in [0.1, 0.15) is 0 Å². The van der Waals surface area contributed by atoms with Gasteiger partial charge in [-0.25, -0.2) is 0 Å². The Labute approximate surface area is 144 Å². The second-order valence-electron chi connectivity index (χ2n) is 6.04. The molecule has 0 amide bonds. The first-order valence-corrected chi connectivity index (χ1v) is 8.20. The van der Waals surface area contributed by atoms with E-state index < -0.39 is 0 Å². The van der Waals surface area contributed by atoms with Crippen LogP contribution in [0.25, 0.3) is 38.9 Å². The summed E-state index contributed by atoms with van der Waals surface area (Å²) in [6.07, 6.45) is 0. The topological polar surface area (TPSA) is 43.9 Å². The highest BCUT2D eigenvalue weighted by Gasteiger charge is 2.12. The fourth-order valence-electron chi connectivity index (χ4n) is 3.37. The molecule has 2 aromatic heterocycles. The van der Waals surface area contributed by atoms with Gasteiger partial charge in [0.25, 0.3) is 0 Å². The maximum atomic E-state index is 5.51. The molecule has 0 radical (unpaired) electrons. The summed E-state index contributed by atoms with van der Waals surface area (Å²) in [5, 5.41) is 10.5. The lowest BCUT2D eigenvalue weighted by atomic mass is 10.2. The first kappa shape index (κ1) is 14.0. The van der Waals surface area contributed by atoms with E-state index in [0.717, 1.165) is 11.3 Å². The number of rotatable bonds is 2. The molecule has 5 aromatic rings. The normalized spacial score (nSPS) is 11.4. The van der Waals surface area contributed by atoms with Gasteiger partial charge in [-0.1, -0.05) is 36.4 Å². The van der Waals surface area contributed by atoms with Gasteiger partial charge in [0.2, 0.25) is 11.8 Å². The lowest BCUT2D eigenvalue weighted by Gasteiger charge is -2.08. The number of hydrogen-bond acceptors (Lipinski definition) is 3. The molecule has 25 heavy (non-hydrogen) atoms. The van der Waals surface area contributed by atoms with Gasteiger partial charge in [-0.2, -0.15) is 0 Å². The molecule has 0 unspecified atom stereocenters. The molecule has 4 heteroatoms. The molecule has 0 atom stereocenters. The van der Waals surface area contributed by atoms with Crippen molar-refractivity contribution in [3.8, 4) is 17.1 Å². The standard InChI is InChI=1S/C21H15N3O/c1-14-22-23-21(25-14)15-10-12-16(13-11-15)24-19-8-4-2-6-17(19)18-7-3-5-9-20(18)24/h2-13H,1H3. The number of fused-ring (bicyclic) bond motifs is 3. The molecule has 2 heterocycles. The van der Waals surface area contributed by atoms with Crippen LogP contribution in [-0.4, -0.2) is 14.8 Å². The van der Waals surface area contributed by atoms with E-state index in [1.807, 2.05) is 12.1 Å². The second kappa shape index (κ2) is 5.31. The molecule has 0 aliphatic rings. The van der Waals surface area contributed by atoms with E-state index in [-0.39, 0.29) is 0 Å². The SMILES string of the molecule is Cc1nnc(-c2ccc(-n3c4ccccc4c4ccccc43)cc2)o1. The largest absolute Gasteiger partial charge is 0.421 e. The third kappa shape index (κ3) is 2.15. The summed E-state index contributed by atoms with van der Waals surface area (Å²) in [6, 6.07) is 25.2. The number of benzene rings is 3. The zero-order chi connectivity index (χ0) is 16.8. The predicted octanol–water partition coefficient (Wildman–Crippen LogP) is 5.14. The average Bonchev–Trinajstić information content (AvgIpc) is 3.23. The van der Waals surface area contributed by atoms with Crippen molar-refractivity contribution >= 4 is 21.8 Å². The molecule has 0 bridgehead atoms. The summed E-state index contributed by atoms with van der Waals surface area (Å²) in [4.78, 5) is 0. The molecule has 4 nitrogen and oxygen atoms in total. The van der Waals surface area contributed by atoms with Crippen molar-refractivity contribution in [3.05, 3.63) is 78.7 Å². The highest BCUT2D eigenvalue weighted by atomic mass is 16.4. The van der Waals surface area contributed by atoms with Gasteiger partial charge in [0.15, 0.2) is 0 Å². The highest BCUT2D eigenvalue weighted by Crippen LogP contribution is 2.32. The van der Waals surface area contributed by atoms with E-state index >= 15 is 0 Å².